The Bertz CT molecular complexity index is 828. The van der Waals surface area contributed by atoms with Crippen molar-refractivity contribution in [3.63, 3.8) is 0 Å². The molecule has 0 radical (unpaired) electrons. The van der Waals surface area contributed by atoms with Gasteiger partial charge in [0, 0.05) is 32.2 Å². The third-order valence-corrected chi connectivity index (χ3v) is 6.88. The Hall–Kier alpha value is -1.69. The normalized spacial score (nSPS) is 21.6. The number of nitrogens with zero attached hydrogens (tertiary/aromatic N) is 1. The number of hydrogen-bond donors (Lipinski definition) is 1. The minimum atomic E-state index is -3.43. The second kappa shape index (κ2) is 6.31. The van der Waals surface area contributed by atoms with Gasteiger partial charge in [-0.25, -0.2) is 8.42 Å². The molecule has 4 nitrogen and oxygen atoms in total. The summed E-state index contributed by atoms with van der Waals surface area (Å²) in [4.78, 5) is 3.29. The second-order valence-corrected chi connectivity index (χ2v) is 8.47. The zero-order valence-electron chi connectivity index (χ0n) is 13.6. The molecule has 1 saturated heterocycles. The maximum atomic E-state index is 12.8. The largest absolute Gasteiger partial charge is 0.314 e. The van der Waals surface area contributed by atoms with E-state index in [1.807, 2.05) is 18.2 Å². The first-order valence-corrected chi connectivity index (χ1v) is 10.0. The van der Waals surface area contributed by atoms with Crippen molar-refractivity contribution in [1.29, 1.82) is 0 Å². The first-order valence-electron chi connectivity index (χ1n) is 8.54. The Morgan fingerprint density at radius 2 is 1.71 bits per heavy atom. The SMILES string of the molecule is O=S(=O)(c1ccccc1)c1ccc2c(c1)CCC2N1CCNCC1. The summed E-state index contributed by atoms with van der Waals surface area (Å²) in [5.74, 6) is 0. The van der Waals surface area contributed by atoms with Crippen molar-refractivity contribution in [3.05, 3.63) is 59.7 Å². The average Bonchev–Trinajstić information content (AvgIpc) is 3.06. The smallest absolute Gasteiger partial charge is 0.206 e. The number of sulfone groups is 1. The summed E-state index contributed by atoms with van der Waals surface area (Å²) in [5, 5.41) is 3.39. The number of fused-ring (bicyclic) bond motifs is 1. The van der Waals surface area contributed by atoms with Gasteiger partial charge in [-0.3, -0.25) is 4.90 Å². The summed E-state index contributed by atoms with van der Waals surface area (Å²) < 4.78 is 25.6. The Morgan fingerprint density at radius 3 is 2.46 bits per heavy atom. The van der Waals surface area contributed by atoms with E-state index < -0.39 is 9.84 Å². The van der Waals surface area contributed by atoms with Gasteiger partial charge >= 0.3 is 0 Å². The summed E-state index contributed by atoms with van der Waals surface area (Å²) in [7, 11) is -3.43. The van der Waals surface area contributed by atoms with E-state index in [-0.39, 0.29) is 0 Å². The van der Waals surface area contributed by atoms with Crippen LogP contribution in [0.15, 0.2) is 58.3 Å². The quantitative estimate of drug-likeness (QED) is 0.931. The molecule has 2 aliphatic rings. The molecule has 1 atom stereocenters. The molecule has 1 aliphatic heterocycles. The van der Waals surface area contributed by atoms with Crippen LogP contribution in [0.4, 0.5) is 0 Å². The van der Waals surface area contributed by atoms with Gasteiger partial charge in [0.25, 0.3) is 0 Å². The predicted octanol–water partition coefficient (Wildman–Crippen LogP) is 2.41. The van der Waals surface area contributed by atoms with Crippen molar-refractivity contribution in [3.8, 4) is 0 Å². The summed E-state index contributed by atoms with van der Waals surface area (Å²) in [6.07, 6.45) is 2.05. The molecule has 126 valence electrons. The molecule has 1 N–H and O–H groups in total. The second-order valence-electron chi connectivity index (χ2n) is 6.52. The van der Waals surface area contributed by atoms with Gasteiger partial charge in [0.05, 0.1) is 9.79 Å². The van der Waals surface area contributed by atoms with E-state index >= 15 is 0 Å². The van der Waals surface area contributed by atoms with Crippen molar-refractivity contribution in [2.24, 2.45) is 0 Å². The van der Waals surface area contributed by atoms with Gasteiger partial charge in [-0.15, -0.1) is 0 Å². The van der Waals surface area contributed by atoms with Gasteiger partial charge in [-0.2, -0.15) is 0 Å². The van der Waals surface area contributed by atoms with Crippen molar-refractivity contribution >= 4 is 9.84 Å². The van der Waals surface area contributed by atoms with Crippen LogP contribution in [0, 0.1) is 0 Å². The molecule has 0 bridgehead atoms. The van der Waals surface area contributed by atoms with Crippen LogP contribution in [0.25, 0.3) is 0 Å². The zero-order chi connectivity index (χ0) is 16.6. The molecule has 1 unspecified atom stereocenters. The molecule has 1 aliphatic carbocycles. The Morgan fingerprint density at radius 1 is 0.958 bits per heavy atom. The van der Waals surface area contributed by atoms with E-state index in [9.17, 15) is 8.42 Å². The van der Waals surface area contributed by atoms with Crippen LogP contribution in [0.2, 0.25) is 0 Å². The first kappa shape index (κ1) is 15.8. The fourth-order valence-corrected chi connectivity index (χ4v) is 5.18. The summed E-state index contributed by atoms with van der Waals surface area (Å²) >= 11 is 0. The highest BCUT2D eigenvalue weighted by molar-refractivity contribution is 7.91. The van der Waals surface area contributed by atoms with Crippen LogP contribution in [0.3, 0.4) is 0 Å². The molecular formula is C19H22N2O2S. The van der Waals surface area contributed by atoms with Gasteiger partial charge in [0.1, 0.15) is 0 Å². The van der Waals surface area contributed by atoms with Crippen molar-refractivity contribution < 1.29 is 8.42 Å². The van der Waals surface area contributed by atoms with E-state index in [4.69, 9.17) is 0 Å². The molecule has 5 heteroatoms. The molecule has 1 fully saturated rings. The lowest BCUT2D eigenvalue weighted by Gasteiger charge is -2.33. The zero-order valence-corrected chi connectivity index (χ0v) is 14.4. The summed E-state index contributed by atoms with van der Waals surface area (Å²) in [6.45, 7) is 4.20. The standard InChI is InChI=1S/C19H22N2O2S/c22-24(23,16-4-2-1-3-5-16)17-7-8-18-15(14-17)6-9-19(18)21-12-10-20-11-13-21/h1-5,7-8,14,19-20H,6,9-13H2. The van der Waals surface area contributed by atoms with Gasteiger partial charge in [-0.1, -0.05) is 24.3 Å². The fourth-order valence-electron chi connectivity index (χ4n) is 3.85. The lowest BCUT2D eigenvalue weighted by atomic mass is 10.1. The van der Waals surface area contributed by atoms with Gasteiger partial charge in [0.2, 0.25) is 9.84 Å². The van der Waals surface area contributed by atoms with Crippen LogP contribution >= 0.6 is 0 Å². The Balaban J connectivity index is 1.65. The van der Waals surface area contributed by atoms with Crippen LogP contribution in [-0.4, -0.2) is 39.5 Å². The molecule has 1 heterocycles. The molecule has 2 aromatic carbocycles. The lowest BCUT2D eigenvalue weighted by Crippen LogP contribution is -2.44. The number of hydrogen-bond acceptors (Lipinski definition) is 4. The average molecular weight is 342 g/mol. The first-order chi connectivity index (χ1) is 11.7. The van der Waals surface area contributed by atoms with Crippen LogP contribution < -0.4 is 5.32 Å². The lowest BCUT2D eigenvalue weighted by molar-refractivity contribution is 0.173. The number of rotatable bonds is 3. The van der Waals surface area contributed by atoms with E-state index in [1.165, 1.54) is 11.1 Å². The maximum Gasteiger partial charge on any atom is 0.206 e. The number of piperazine rings is 1. The van der Waals surface area contributed by atoms with Crippen LogP contribution in [-0.2, 0) is 16.3 Å². The highest BCUT2D eigenvalue weighted by Crippen LogP contribution is 2.37. The number of aryl methyl sites for hydroxylation is 1. The third-order valence-electron chi connectivity index (χ3n) is 5.12. The topological polar surface area (TPSA) is 49.4 Å². The van der Waals surface area contributed by atoms with E-state index in [2.05, 4.69) is 10.2 Å². The highest BCUT2D eigenvalue weighted by atomic mass is 32.2. The molecule has 0 saturated carbocycles. The molecule has 2 aromatic rings. The molecule has 24 heavy (non-hydrogen) atoms. The Kier molecular flexibility index (Phi) is 4.16. The van der Waals surface area contributed by atoms with Crippen molar-refractivity contribution in [1.82, 2.24) is 10.2 Å². The molecule has 0 spiro atoms. The van der Waals surface area contributed by atoms with E-state index in [1.54, 1.807) is 30.3 Å². The molecule has 4 rings (SSSR count). The molecule has 0 amide bonds. The van der Waals surface area contributed by atoms with Crippen molar-refractivity contribution in [2.75, 3.05) is 26.2 Å². The van der Waals surface area contributed by atoms with Gasteiger partial charge < -0.3 is 5.32 Å². The monoisotopic (exact) mass is 342 g/mol. The number of benzene rings is 2. The van der Waals surface area contributed by atoms with E-state index in [0.717, 1.165) is 39.0 Å². The Labute approximate surface area is 143 Å². The maximum absolute atomic E-state index is 12.8. The summed E-state index contributed by atoms with van der Waals surface area (Å²) in [6, 6.07) is 14.8. The minimum Gasteiger partial charge on any atom is -0.314 e. The van der Waals surface area contributed by atoms with Crippen LogP contribution in [0.5, 0.6) is 0 Å². The van der Waals surface area contributed by atoms with Crippen LogP contribution in [0.1, 0.15) is 23.6 Å². The van der Waals surface area contributed by atoms with Gasteiger partial charge in [0.15, 0.2) is 0 Å². The highest BCUT2D eigenvalue weighted by Gasteiger charge is 2.30. The fraction of sp³-hybridized carbons (Fsp3) is 0.368. The minimum absolute atomic E-state index is 0.363. The number of nitrogens with one attached hydrogen (secondary N) is 1. The molecular weight excluding hydrogens is 320 g/mol. The predicted molar refractivity (Wildman–Crippen MR) is 93.8 cm³/mol. The van der Waals surface area contributed by atoms with Gasteiger partial charge in [-0.05, 0) is 48.2 Å². The van der Waals surface area contributed by atoms with Crippen molar-refractivity contribution in [2.45, 2.75) is 28.7 Å². The third kappa shape index (κ3) is 2.77. The summed E-state index contributed by atoms with van der Waals surface area (Å²) in [5.41, 5.74) is 2.50. The molecule has 0 aromatic heterocycles. The van der Waals surface area contributed by atoms with E-state index in [0.29, 0.717) is 15.8 Å².